The summed E-state index contributed by atoms with van der Waals surface area (Å²) in [4.78, 5) is 4.37. The van der Waals surface area contributed by atoms with E-state index in [-0.39, 0.29) is 0 Å². The lowest BCUT2D eigenvalue weighted by atomic mass is 10.1. The second-order valence-corrected chi connectivity index (χ2v) is 4.42. The van der Waals surface area contributed by atoms with E-state index in [1.165, 1.54) is 5.56 Å². The van der Waals surface area contributed by atoms with Gasteiger partial charge in [0.2, 0.25) is 0 Å². The molecule has 0 aliphatic carbocycles. The van der Waals surface area contributed by atoms with Crippen molar-refractivity contribution in [1.29, 1.82) is 0 Å². The van der Waals surface area contributed by atoms with E-state index in [1.807, 2.05) is 16.8 Å². The standard InChI is InChI=1S/C13H11N3S/c1-9-3-2-4-10(7-9)11-8-15-16-12(17)5-6-14-13(11)16/h2-8,15H,1H3. The molecule has 0 aliphatic heterocycles. The van der Waals surface area contributed by atoms with Gasteiger partial charge in [-0.05, 0) is 18.6 Å². The maximum Gasteiger partial charge on any atom is 0.162 e. The van der Waals surface area contributed by atoms with Gasteiger partial charge in [0.1, 0.15) is 4.64 Å². The van der Waals surface area contributed by atoms with Crippen LogP contribution in [0.15, 0.2) is 42.7 Å². The zero-order valence-corrected chi connectivity index (χ0v) is 10.2. The number of aromatic amines is 1. The molecule has 0 unspecified atom stereocenters. The molecule has 2 heterocycles. The van der Waals surface area contributed by atoms with Crippen LogP contribution in [-0.4, -0.2) is 14.6 Å². The summed E-state index contributed by atoms with van der Waals surface area (Å²) < 4.78 is 2.54. The highest BCUT2D eigenvalue weighted by atomic mass is 32.1. The Hall–Kier alpha value is -1.94. The van der Waals surface area contributed by atoms with Gasteiger partial charge >= 0.3 is 0 Å². The third-order valence-electron chi connectivity index (χ3n) is 2.75. The summed E-state index contributed by atoms with van der Waals surface area (Å²) in [6, 6.07) is 10.1. The molecule has 4 heteroatoms. The number of H-pyrrole nitrogens is 1. The van der Waals surface area contributed by atoms with Crippen LogP contribution in [0.5, 0.6) is 0 Å². The first kappa shape index (κ1) is 10.2. The molecule has 0 amide bonds. The zero-order chi connectivity index (χ0) is 11.8. The number of hydrogen-bond donors (Lipinski definition) is 1. The van der Waals surface area contributed by atoms with Crippen LogP contribution in [0.2, 0.25) is 0 Å². The van der Waals surface area contributed by atoms with Crippen molar-refractivity contribution in [2.24, 2.45) is 0 Å². The molecule has 1 aromatic carbocycles. The van der Waals surface area contributed by atoms with Crippen LogP contribution in [0.3, 0.4) is 0 Å². The predicted octanol–water partition coefficient (Wildman–Crippen LogP) is 3.37. The summed E-state index contributed by atoms with van der Waals surface area (Å²) >= 11 is 5.23. The van der Waals surface area contributed by atoms with Gasteiger partial charge in [-0.25, -0.2) is 9.50 Å². The number of hydrogen-bond acceptors (Lipinski definition) is 2. The van der Waals surface area contributed by atoms with E-state index < -0.39 is 0 Å². The van der Waals surface area contributed by atoms with Gasteiger partial charge in [0, 0.05) is 18.0 Å². The lowest BCUT2D eigenvalue weighted by molar-refractivity contribution is 0.925. The van der Waals surface area contributed by atoms with E-state index in [0.717, 1.165) is 21.4 Å². The number of nitrogens with zero attached hydrogens (tertiary/aromatic N) is 2. The third kappa shape index (κ3) is 1.66. The second-order valence-electron chi connectivity index (χ2n) is 4.00. The van der Waals surface area contributed by atoms with Crippen LogP contribution in [-0.2, 0) is 0 Å². The van der Waals surface area contributed by atoms with E-state index >= 15 is 0 Å². The fourth-order valence-electron chi connectivity index (χ4n) is 1.94. The molecule has 3 rings (SSSR count). The van der Waals surface area contributed by atoms with Crippen molar-refractivity contribution in [1.82, 2.24) is 14.6 Å². The Kier molecular flexibility index (Phi) is 2.30. The highest BCUT2D eigenvalue weighted by Crippen LogP contribution is 2.23. The fourth-order valence-corrected chi connectivity index (χ4v) is 2.14. The summed E-state index contributed by atoms with van der Waals surface area (Å²) in [5, 5.41) is 3.12. The Labute approximate surface area is 104 Å². The van der Waals surface area contributed by atoms with E-state index in [0.29, 0.717) is 0 Å². The quantitative estimate of drug-likeness (QED) is 0.663. The van der Waals surface area contributed by atoms with Gasteiger partial charge < -0.3 is 0 Å². The van der Waals surface area contributed by atoms with Crippen molar-refractivity contribution in [3.63, 3.8) is 0 Å². The van der Waals surface area contributed by atoms with Gasteiger partial charge in [-0.15, -0.1) is 0 Å². The molecule has 84 valence electrons. The molecule has 1 N–H and O–H groups in total. The highest BCUT2D eigenvalue weighted by Gasteiger charge is 2.06. The minimum atomic E-state index is 0.730. The van der Waals surface area contributed by atoms with Crippen LogP contribution in [0.25, 0.3) is 16.8 Å². The molecule has 0 saturated carbocycles. The molecule has 0 bridgehead atoms. The highest BCUT2D eigenvalue weighted by molar-refractivity contribution is 7.71. The van der Waals surface area contributed by atoms with Crippen LogP contribution in [0.4, 0.5) is 0 Å². The van der Waals surface area contributed by atoms with Crippen molar-refractivity contribution in [2.75, 3.05) is 0 Å². The topological polar surface area (TPSA) is 33.1 Å². The summed E-state index contributed by atoms with van der Waals surface area (Å²) in [7, 11) is 0. The number of nitrogens with one attached hydrogen (secondary N) is 1. The maximum absolute atomic E-state index is 5.23. The molecule has 0 saturated heterocycles. The molecule has 3 aromatic rings. The normalized spacial score (nSPS) is 10.9. The van der Waals surface area contributed by atoms with Gasteiger partial charge in [0.05, 0.1) is 0 Å². The molecule has 0 atom stereocenters. The smallest absolute Gasteiger partial charge is 0.162 e. The van der Waals surface area contributed by atoms with Crippen LogP contribution >= 0.6 is 12.2 Å². The summed E-state index contributed by atoms with van der Waals surface area (Å²) in [6.45, 7) is 2.08. The molecule has 3 nitrogen and oxygen atoms in total. The van der Waals surface area contributed by atoms with Gasteiger partial charge in [-0.3, -0.25) is 5.10 Å². The van der Waals surface area contributed by atoms with E-state index in [9.17, 15) is 0 Å². The van der Waals surface area contributed by atoms with Crippen LogP contribution in [0, 0.1) is 11.6 Å². The van der Waals surface area contributed by atoms with E-state index in [4.69, 9.17) is 12.2 Å². The Balaban J connectivity index is 2.32. The number of benzene rings is 1. The Bertz CT molecular complexity index is 740. The average molecular weight is 241 g/mol. The first-order chi connectivity index (χ1) is 8.25. The van der Waals surface area contributed by atoms with Crippen molar-refractivity contribution < 1.29 is 0 Å². The van der Waals surface area contributed by atoms with Gasteiger partial charge in [-0.2, -0.15) is 0 Å². The number of fused-ring (bicyclic) bond motifs is 1. The molecule has 0 spiro atoms. The Morgan fingerprint density at radius 1 is 1.29 bits per heavy atom. The fraction of sp³-hybridized carbons (Fsp3) is 0.0769. The first-order valence-corrected chi connectivity index (χ1v) is 5.79. The molecule has 0 radical (unpaired) electrons. The van der Waals surface area contributed by atoms with Crippen molar-refractivity contribution >= 4 is 17.9 Å². The predicted molar refractivity (Wildman–Crippen MR) is 70.5 cm³/mol. The SMILES string of the molecule is Cc1cccc(-c2c[nH]n3c(=S)ccnc23)c1. The monoisotopic (exact) mass is 241 g/mol. The second kappa shape index (κ2) is 3.82. The van der Waals surface area contributed by atoms with Gasteiger partial charge in [0.25, 0.3) is 0 Å². The maximum atomic E-state index is 5.23. The largest absolute Gasteiger partial charge is 0.298 e. The first-order valence-electron chi connectivity index (χ1n) is 5.38. The van der Waals surface area contributed by atoms with Crippen molar-refractivity contribution in [3.8, 4) is 11.1 Å². The van der Waals surface area contributed by atoms with E-state index in [1.54, 1.807) is 12.3 Å². The molecule has 2 aromatic heterocycles. The molecule has 0 aliphatic rings. The number of aromatic nitrogens is 3. The molecular formula is C13H11N3S. The van der Waals surface area contributed by atoms with Crippen LogP contribution in [0.1, 0.15) is 5.56 Å². The summed E-state index contributed by atoms with van der Waals surface area (Å²) in [6.07, 6.45) is 3.68. The Morgan fingerprint density at radius 2 is 2.18 bits per heavy atom. The third-order valence-corrected chi connectivity index (χ3v) is 3.07. The molecular weight excluding hydrogens is 230 g/mol. The minimum Gasteiger partial charge on any atom is -0.298 e. The van der Waals surface area contributed by atoms with Crippen molar-refractivity contribution in [2.45, 2.75) is 6.92 Å². The number of aryl methyl sites for hydroxylation is 1. The number of rotatable bonds is 1. The Morgan fingerprint density at radius 3 is 3.00 bits per heavy atom. The van der Waals surface area contributed by atoms with Gasteiger partial charge in [0.15, 0.2) is 5.65 Å². The molecule has 17 heavy (non-hydrogen) atoms. The lowest BCUT2D eigenvalue weighted by Gasteiger charge is -2.00. The van der Waals surface area contributed by atoms with E-state index in [2.05, 4.69) is 35.2 Å². The van der Waals surface area contributed by atoms with Gasteiger partial charge in [-0.1, -0.05) is 42.0 Å². The molecule has 0 fully saturated rings. The van der Waals surface area contributed by atoms with Crippen molar-refractivity contribution in [3.05, 3.63) is 52.9 Å². The lowest BCUT2D eigenvalue weighted by Crippen LogP contribution is -1.90. The minimum absolute atomic E-state index is 0.730. The zero-order valence-electron chi connectivity index (χ0n) is 9.34. The summed E-state index contributed by atoms with van der Waals surface area (Å²) in [5.74, 6) is 0. The van der Waals surface area contributed by atoms with Crippen LogP contribution < -0.4 is 0 Å². The summed E-state index contributed by atoms with van der Waals surface area (Å²) in [5.41, 5.74) is 4.32. The average Bonchev–Trinajstić information content (AvgIpc) is 2.74.